The quantitative estimate of drug-likeness (QED) is 0.874. The third kappa shape index (κ3) is 2.16. The van der Waals surface area contributed by atoms with Gasteiger partial charge in [-0.15, -0.1) is 0 Å². The molecule has 0 saturated carbocycles. The van der Waals surface area contributed by atoms with Crippen molar-refractivity contribution >= 4 is 0 Å². The average molecular weight is 241 g/mol. The van der Waals surface area contributed by atoms with Crippen LogP contribution in [-0.4, -0.2) is 10.1 Å². The topological polar surface area (TPSA) is 33.1 Å². The predicted molar refractivity (Wildman–Crippen MR) is 73.7 cm³/mol. The lowest BCUT2D eigenvalue weighted by atomic mass is 9.89. The van der Waals surface area contributed by atoms with E-state index in [-0.39, 0.29) is 0 Å². The van der Waals surface area contributed by atoms with E-state index in [2.05, 4.69) is 38.7 Å². The molecule has 0 radical (unpaired) electrons. The first-order valence-electron chi connectivity index (χ1n) is 6.17. The van der Waals surface area contributed by atoms with E-state index in [1.165, 1.54) is 11.1 Å². The van der Waals surface area contributed by atoms with Gasteiger partial charge in [-0.3, -0.25) is 4.98 Å². The molecule has 2 heteroatoms. The Labute approximate surface area is 108 Å². The Kier molecular flexibility index (Phi) is 3.48. The molecule has 0 aliphatic heterocycles. The normalized spacial score (nSPS) is 12.5. The SMILES string of the molecule is Cc1cc(C)c(C)c(C(O)c2cccnc2)c1C. The molecule has 0 amide bonds. The van der Waals surface area contributed by atoms with Crippen molar-refractivity contribution in [3.05, 3.63) is 64.0 Å². The maximum absolute atomic E-state index is 10.6. The number of hydrogen-bond acceptors (Lipinski definition) is 2. The van der Waals surface area contributed by atoms with Gasteiger partial charge in [-0.1, -0.05) is 12.1 Å². The molecule has 2 nitrogen and oxygen atoms in total. The van der Waals surface area contributed by atoms with E-state index >= 15 is 0 Å². The van der Waals surface area contributed by atoms with Gasteiger partial charge in [0.25, 0.3) is 0 Å². The molecule has 0 aliphatic carbocycles. The number of aliphatic hydroxyl groups is 1. The van der Waals surface area contributed by atoms with Crippen LogP contribution in [0.4, 0.5) is 0 Å². The molecule has 0 spiro atoms. The molecule has 0 aliphatic rings. The summed E-state index contributed by atoms with van der Waals surface area (Å²) in [6.45, 7) is 8.30. The van der Waals surface area contributed by atoms with Crippen LogP contribution in [0.25, 0.3) is 0 Å². The Bertz CT molecular complexity index is 535. The maximum Gasteiger partial charge on any atom is 0.106 e. The van der Waals surface area contributed by atoms with Crippen LogP contribution in [0.2, 0.25) is 0 Å². The zero-order valence-electron chi connectivity index (χ0n) is 11.4. The van der Waals surface area contributed by atoms with Gasteiger partial charge in [0, 0.05) is 18.0 Å². The lowest BCUT2D eigenvalue weighted by Crippen LogP contribution is -2.07. The van der Waals surface area contributed by atoms with Gasteiger partial charge in [0.2, 0.25) is 0 Å². The minimum Gasteiger partial charge on any atom is -0.384 e. The van der Waals surface area contributed by atoms with Crippen LogP contribution < -0.4 is 0 Å². The van der Waals surface area contributed by atoms with Crippen LogP contribution in [0.1, 0.15) is 39.5 Å². The molecular weight excluding hydrogens is 222 g/mol. The lowest BCUT2D eigenvalue weighted by molar-refractivity contribution is 0.218. The third-order valence-corrected chi connectivity index (χ3v) is 3.70. The van der Waals surface area contributed by atoms with Gasteiger partial charge < -0.3 is 5.11 Å². The van der Waals surface area contributed by atoms with E-state index in [0.29, 0.717) is 0 Å². The fourth-order valence-corrected chi connectivity index (χ4v) is 2.36. The maximum atomic E-state index is 10.6. The molecule has 0 saturated heterocycles. The molecule has 1 unspecified atom stereocenters. The van der Waals surface area contributed by atoms with Gasteiger partial charge in [-0.25, -0.2) is 0 Å². The Hall–Kier alpha value is -1.67. The van der Waals surface area contributed by atoms with Crippen molar-refractivity contribution in [1.29, 1.82) is 0 Å². The number of nitrogens with zero attached hydrogens (tertiary/aromatic N) is 1. The summed E-state index contributed by atoms with van der Waals surface area (Å²) in [5.74, 6) is 0. The minimum absolute atomic E-state index is 0.600. The molecule has 2 rings (SSSR count). The summed E-state index contributed by atoms with van der Waals surface area (Å²) in [5.41, 5.74) is 6.62. The minimum atomic E-state index is -0.600. The number of aryl methyl sites for hydroxylation is 2. The fourth-order valence-electron chi connectivity index (χ4n) is 2.36. The lowest BCUT2D eigenvalue weighted by Gasteiger charge is -2.20. The second kappa shape index (κ2) is 4.91. The van der Waals surface area contributed by atoms with Crippen LogP contribution in [0, 0.1) is 27.7 Å². The van der Waals surface area contributed by atoms with Gasteiger partial charge >= 0.3 is 0 Å². The van der Waals surface area contributed by atoms with Gasteiger partial charge in [-0.05, 0) is 61.6 Å². The van der Waals surface area contributed by atoms with E-state index in [1.54, 1.807) is 12.4 Å². The second-order valence-electron chi connectivity index (χ2n) is 4.86. The highest BCUT2D eigenvalue weighted by atomic mass is 16.3. The number of aliphatic hydroxyl groups excluding tert-OH is 1. The molecule has 18 heavy (non-hydrogen) atoms. The molecule has 1 aromatic carbocycles. The molecule has 1 N–H and O–H groups in total. The van der Waals surface area contributed by atoms with Crippen molar-refractivity contribution in [2.24, 2.45) is 0 Å². The Morgan fingerprint density at radius 3 is 2.17 bits per heavy atom. The number of pyridine rings is 1. The van der Waals surface area contributed by atoms with Crippen molar-refractivity contribution < 1.29 is 5.11 Å². The highest BCUT2D eigenvalue weighted by molar-refractivity contribution is 5.47. The van der Waals surface area contributed by atoms with Crippen LogP contribution >= 0.6 is 0 Å². The zero-order chi connectivity index (χ0) is 13.3. The van der Waals surface area contributed by atoms with Crippen LogP contribution in [0.3, 0.4) is 0 Å². The van der Waals surface area contributed by atoms with Crippen molar-refractivity contribution in [2.75, 3.05) is 0 Å². The summed E-state index contributed by atoms with van der Waals surface area (Å²) >= 11 is 0. The highest BCUT2D eigenvalue weighted by Gasteiger charge is 2.18. The number of benzene rings is 1. The van der Waals surface area contributed by atoms with Crippen LogP contribution in [0.15, 0.2) is 30.6 Å². The first-order chi connectivity index (χ1) is 8.52. The number of aromatic nitrogens is 1. The summed E-state index contributed by atoms with van der Waals surface area (Å²) in [6.07, 6.45) is 2.84. The first-order valence-corrected chi connectivity index (χ1v) is 6.17. The van der Waals surface area contributed by atoms with Crippen molar-refractivity contribution in [2.45, 2.75) is 33.8 Å². The molecule has 94 valence electrons. The molecular formula is C16H19NO. The summed E-state index contributed by atoms with van der Waals surface area (Å²) in [7, 11) is 0. The van der Waals surface area contributed by atoms with Gasteiger partial charge in [0.05, 0.1) is 0 Å². The molecule has 0 bridgehead atoms. The molecule has 1 heterocycles. The summed E-state index contributed by atoms with van der Waals surface area (Å²) in [5, 5.41) is 10.6. The van der Waals surface area contributed by atoms with E-state index in [9.17, 15) is 5.11 Å². The first kappa shape index (κ1) is 12.8. The van der Waals surface area contributed by atoms with Crippen molar-refractivity contribution in [3.63, 3.8) is 0 Å². The molecule has 1 aromatic heterocycles. The average Bonchev–Trinajstić information content (AvgIpc) is 2.37. The second-order valence-corrected chi connectivity index (χ2v) is 4.86. The standard InChI is InChI=1S/C16H19NO/c1-10-8-11(2)13(4)15(12(10)3)16(18)14-6-5-7-17-9-14/h5-9,16,18H,1-4H3. The van der Waals surface area contributed by atoms with E-state index in [1.807, 2.05) is 12.1 Å². The predicted octanol–water partition coefficient (Wildman–Crippen LogP) is 3.40. The Balaban J connectivity index is 2.58. The van der Waals surface area contributed by atoms with Crippen LogP contribution in [0.5, 0.6) is 0 Å². The van der Waals surface area contributed by atoms with Gasteiger partial charge in [-0.2, -0.15) is 0 Å². The van der Waals surface area contributed by atoms with Crippen molar-refractivity contribution in [3.8, 4) is 0 Å². The summed E-state index contributed by atoms with van der Waals surface area (Å²) < 4.78 is 0. The Morgan fingerprint density at radius 1 is 1.06 bits per heavy atom. The monoisotopic (exact) mass is 241 g/mol. The van der Waals surface area contributed by atoms with Gasteiger partial charge in [0.15, 0.2) is 0 Å². The van der Waals surface area contributed by atoms with Gasteiger partial charge in [0.1, 0.15) is 6.10 Å². The van der Waals surface area contributed by atoms with E-state index in [4.69, 9.17) is 0 Å². The molecule has 0 fully saturated rings. The van der Waals surface area contributed by atoms with E-state index < -0.39 is 6.10 Å². The zero-order valence-corrected chi connectivity index (χ0v) is 11.4. The smallest absolute Gasteiger partial charge is 0.106 e. The largest absolute Gasteiger partial charge is 0.384 e. The number of hydrogen-bond donors (Lipinski definition) is 1. The summed E-state index contributed by atoms with van der Waals surface area (Å²) in [4.78, 5) is 4.08. The summed E-state index contributed by atoms with van der Waals surface area (Å²) in [6, 6.07) is 5.93. The fraction of sp³-hybridized carbons (Fsp3) is 0.312. The van der Waals surface area contributed by atoms with Crippen molar-refractivity contribution in [1.82, 2.24) is 4.98 Å². The van der Waals surface area contributed by atoms with Crippen LogP contribution in [-0.2, 0) is 0 Å². The third-order valence-electron chi connectivity index (χ3n) is 3.70. The molecule has 1 atom stereocenters. The van der Waals surface area contributed by atoms with E-state index in [0.717, 1.165) is 22.3 Å². The number of rotatable bonds is 2. The Morgan fingerprint density at radius 2 is 1.67 bits per heavy atom. The highest BCUT2D eigenvalue weighted by Crippen LogP contribution is 2.30. The molecule has 2 aromatic rings.